The first-order valence-electron chi connectivity index (χ1n) is 23.6. The number of aliphatic hydroxyl groups excluding tert-OH is 2. The fourth-order valence-corrected chi connectivity index (χ4v) is 6.92. The molecule has 0 rings (SSSR count). The number of esters is 1. The Morgan fingerprint density at radius 1 is 0.536 bits per heavy atom. The molecule has 0 aromatic rings. The van der Waals surface area contributed by atoms with Crippen LogP contribution in [0.4, 0.5) is 0 Å². The van der Waals surface area contributed by atoms with Crippen molar-refractivity contribution in [3.8, 4) is 0 Å². The van der Waals surface area contributed by atoms with Crippen molar-refractivity contribution >= 4 is 11.9 Å². The maximum atomic E-state index is 13.1. The van der Waals surface area contributed by atoms with Gasteiger partial charge in [0.2, 0.25) is 5.91 Å². The van der Waals surface area contributed by atoms with Crippen molar-refractivity contribution in [2.24, 2.45) is 0 Å². The van der Waals surface area contributed by atoms with Gasteiger partial charge in [-0.2, -0.15) is 0 Å². The van der Waals surface area contributed by atoms with Crippen LogP contribution in [0.2, 0.25) is 0 Å². The van der Waals surface area contributed by atoms with Crippen molar-refractivity contribution in [2.45, 2.75) is 238 Å². The summed E-state index contributed by atoms with van der Waals surface area (Å²) in [6.07, 6.45) is 53.1. The number of hydrogen-bond donors (Lipinski definition) is 3. The molecular weight excluding hydrogens is 695 g/mol. The van der Waals surface area contributed by atoms with Crippen LogP contribution in [0.3, 0.4) is 0 Å². The third-order valence-electron chi connectivity index (χ3n) is 10.5. The molecular formula is C50H89NO5. The molecule has 0 aliphatic carbocycles. The van der Waals surface area contributed by atoms with Gasteiger partial charge in [-0.25, -0.2) is 0 Å². The average Bonchev–Trinajstić information content (AvgIpc) is 3.19. The van der Waals surface area contributed by atoms with E-state index in [-0.39, 0.29) is 24.9 Å². The highest BCUT2D eigenvalue weighted by atomic mass is 16.5. The van der Waals surface area contributed by atoms with Crippen LogP contribution < -0.4 is 5.32 Å². The Morgan fingerprint density at radius 3 is 1.36 bits per heavy atom. The van der Waals surface area contributed by atoms with Gasteiger partial charge in [0.25, 0.3) is 0 Å². The molecule has 6 nitrogen and oxygen atoms in total. The second-order valence-electron chi connectivity index (χ2n) is 15.9. The SMILES string of the molecule is CC/C=C/C=C/C=C\C=C/C=C/CC(CC(=O)NC(CO)C(O)CCCCCCCCCCCCC)OC(=O)CCCCCCCCCCCCCCCCC. The highest BCUT2D eigenvalue weighted by Gasteiger charge is 2.23. The van der Waals surface area contributed by atoms with Crippen molar-refractivity contribution in [3.05, 3.63) is 60.8 Å². The molecule has 0 spiro atoms. The summed E-state index contributed by atoms with van der Waals surface area (Å²) in [5, 5.41) is 23.6. The quantitative estimate of drug-likeness (QED) is 0.0326. The summed E-state index contributed by atoms with van der Waals surface area (Å²) in [6.45, 7) is 6.28. The third-order valence-corrected chi connectivity index (χ3v) is 10.5. The Labute approximate surface area is 346 Å². The van der Waals surface area contributed by atoms with E-state index in [1.165, 1.54) is 128 Å². The molecule has 0 aromatic heterocycles. The molecule has 3 unspecified atom stereocenters. The van der Waals surface area contributed by atoms with Gasteiger partial charge in [0.15, 0.2) is 0 Å². The monoisotopic (exact) mass is 784 g/mol. The Balaban J connectivity index is 4.67. The average molecular weight is 784 g/mol. The number of hydrogen-bond acceptors (Lipinski definition) is 5. The molecule has 0 aromatic carbocycles. The molecule has 0 saturated carbocycles. The van der Waals surface area contributed by atoms with Crippen LogP contribution in [0.15, 0.2) is 60.8 Å². The van der Waals surface area contributed by atoms with Crippen LogP contribution in [0, 0.1) is 0 Å². The van der Waals surface area contributed by atoms with Crippen molar-refractivity contribution < 1.29 is 24.5 Å². The fraction of sp³-hybridized carbons (Fsp3) is 0.760. The Kier molecular flexibility index (Phi) is 41.8. The summed E-state index contributed by atoms with van der Waals surface area (Å²) in [5.74, 6) is -0.605. The van der Waals surface area contributed by atoms with Crippen molar-refractivity contribution in [1.82, 2.24) is 5.32 Å². The number of nitrogens with one attached hydrogen (secondary N) is 1. The van der Waals surface area contributed by atoms with Gasteiger partial charge in [-0.3, -0.25) is 9.59 Å². The minimum Gasteiger partial charge on any atom is -0.461 e. The molecule has 56 heavy (non-hydrogen) atoms. The largest absolute Gasteiger partial charge is 0.461 e. The molecule has 3 atom stereocenters. The number of carbonyl (C=O) groups is 2. The smallest absolute Gasteiger partial charge is 0.306 e. The fourth-order valence-electron chi connectivity index (χ4n) is 6.92. The molecule has 0 aliphatic rings. The predicted octanol–water partition coefficient (Wildman–Crippen LogP) is 13.7. The van der Waals surface area contributed by atoms with E-state index in [4.69, 9.17) is 4.74 Å². The van der Waals surface area contributed by atoms with Crippen molar-refractivity contribution in [2.75, 3.05) is 6.61 Å². The van der Waals surface area contributed by atoms with Gasteiger partial charge in [-0.15, -0.1) is 0 Å². The molecule has 0 radical (unpaired) electrons. The lowest BCUT2D eigenvalue weighted by molar-refractivity contribution is -0.150. The molecule has 6 heteroatoms. The number of unbranched alkanes of at least 4 members (excludes halogenated alkanes) is 24. The van der Waals surface area contributed by atoms with Crippen LogP contribution in [0.1, 0.15) is 220 Å². The van der Waals surface area contributed by atoms with Gasteiger partial charge >= 0.3 is 5.97 Å². The normalized spacial score (nSPS) is 13.9. The first-order chi connectivity index (χ1) is 27.5. The number of aliphatic hydroxyl groups is 2. The maximum absolute atomic E-state index is 13.1. The molecule has 3 N–H and O–H groups in total. The summed E-state index contributed by atoms with van der Waals surface area (Å²) >= 11 is 0. The lowest BCUT2D eigenvalue weighted by atomic mass is 10.0. The van der Waals surface area contributed by atoms with Crippen molar-refractivity contribution in [3.63, 3.8) is 0 Å². The molecule has 1 amide bonds. The summed E-state index contributed by atoms with van der Waals surface area (Å²) in [7, 11) is 0. The lowest BCUT2D eigenvalue weighted by Crippen LogP contribution is -2.46. The zero-order valence-electron chi connectivity index (χ0n) is 36.8. The van der Waals surface area contributed by atoms with Gasteiger partial charge in [-0.05, 0) is 19.3 Å². The van der Waals surface area contributed by atoms with E-state index in [1.54, 1.807) is 0 Å². The number of carbonyl (C=O) groups excluding carboxylic acids is 2. The van der Waals surface area contributed by atoms with Gasteiger partial charge < -0.3 is 20.3 Å². The second-order valence-corrected chi connectivity index (χ2v) is 15.9. The third kappa shape index (κ3) is 38.4. The molecule has 324 valence electrons. The van der Waals surface area contributed by atoms with Crippen LogP contribution in [0.25, 0.3) is 0 Å². The Morgan fingerprint density at radius 2 is 0.929 bits per heavy atom. The van der Waals surface area contributed by atoms with Crippen molar-refractivity contribution in [1.29, 1.82) is 0 Å². The number of rotatable bonds is 41. The van der Waals surface area contributed by atoms with Gasteiger partial charge in [0.1, 0.15) is 6.10 Å². The van der Waals surface area contributed by atoms with E-state index >= 15 is 0 Å². The van der Waals surface area contributed by atoms with Crippen LogP contribution in [-0.2, 0) is 14.3 Å². The summed E-state index contributed by atoms with van der Waals surface area (Å²) in [5.41, 5.74) is 0. The van der Waals surface area contributed by atoms with E-state index in [1.807, 2.05) is 54.7 Å². The molecule has 0 aliphatic heterocycles. The van der Waals surface area contributed by atoms with Crippen LogP contribution >= 0.6 is 0 Å². The van der Waals surface area contributed by atoms with Gasteiger partial charge in [-0.1, -0.05) is 242 Å². The number of allylic oxidation sites excluding steroid dienone is 9. The Hall–Kier alpha value is -2.44. The summed E-state index contributed by atoms with van der Waals surface area (Å²) < 4.78 is 5.82. The Bertz CT molecular complexity index is 1010. The number of amides is 1. The predicted molar refractivity (Wildman–Crippen MR) is 241 cm³/mol. The first-order valence-corrected chi connectivity index (χ1v) is 23.6. The standard InChI is InChI=1S/C50H89NO5/c1-4-7-10-13-16-19-22-23-24-25-28-31-34-37-40-43-50(55)56-46(41-38-35-32-29-26-20-17-14-11-8-5-2)44-49(54)51-47(45-52)48(53)42-39-36-33-30-27-21-18-15-12-9-6-3/h8,11,14,17,20,26,29,32,35,38,46-48,52-53H,4-7,9-10,12-13,15-16,18-19,21-25,27-28,30-31,33-34,36-37,39-45H2,1-3H3,(H,51,54)/b11-8+,17-14+,26-20-,32-29-,38-35+. The van der Waals surface area contributed by atoms with E-state index < -0.39 is 18.2 Å². The van der Waals surface area contributed by atoms with E-state index in [0.717, 1.165) is 44.9 Å². The molecule has 0 saturated heterocycles. The topological polar surface area (TPSA) is 95.9 Å². The highest BCUT2D eigenvalue weighted by Crippen LogP contribution is 2.16. The molecule has 0 fully saturated rings. The minimum absolute atomic E-state index is 0.0176. The highest BCUT2D eigenvalue weighted by molar-refractivity contribution is 5.77. The molecule has 0 heterocycles. The van der Waals surface area contributed by atoms with Gasteiger partial charge in [0, 0.05) is 12.8 Å². The summed E-state index contributed by atoms with van der Waals surface area (Å²) in [4.78, 5) is 25.9. The second kappa shape index (κ2) is 43.7. The first kappa shape index (κ1) is 53.6. The van der Waals surface area contributed by atoms with E-state index in [9.17, 15) is 19.8 Å². The van der Waals surface area contributed by atoms with Crippen LogP contribution in [0.5, 0.6) is 0 Å². The zero-order chi connectivity index (χ0) is 41.0. The lowest BCUT2D eigenvalue weighted by Gasteiger charge is -2.24. The minimum atomic E-state index is -0.816. The summed E-state index contributed by atoms with van der Waals surface area (Å²) in [6, 6.07) is -0.737. The maximum Gasteiger partial charge on any atom is 0.306 e. The van der Waals surface area contributed by atoms with E-state index in [0.29, 0.717) is 19.3 Å². The molecule has 0 bridgehead atoms. The number of ether oxygens (including phenoxy) is 1. The van der Waals surface area contributed by atoms with Crippen LogP contribution in [-0.4, -0.2) is 46.9 Å². The zero-order valence-corrected chi connectivity index (χ0v) is 36.8. The van der Waals surface area contributed by atoms with E-state index in [2.05, 4.69) is 32.2 Å². The van der Waals surface area contributed by atoms with Gasteiger partial charge in [0.05, 0.1) is 25.2 Å².